The summed E-state index contributed by atoms with van der Waals surface area (Å²) in [6, 6.07) is 8.05. The van der Waals surface area contributed by atoms with Crippen molar-refractivity contribution >= 4 is 34.3 Å². The lowest BCUT2D eigenvalue weighted by atomic mass is 10.2. The van der Waals surface area contributed by atoms with Crippen LogP contribution in [-0.4, -0.2) is 25.9 Å². The summed E-state index contributed by atoms with van der Waals surface area (Å²) in [5, 5.41) is 7.36. The molecule has 3 rings (SSSR count). The summed E-state index contributed by atoms with van der Waals surface area (Å²) in [5.41, 5.74) is -1.40. The summed E-state index contributed by atoms with van der Waals surface area (Å²) in [6.45, 7) is 0. The van der Waals surface area contributed by atoms with Gasteiger partial charge in [0.05, 0.1) is 11.2 Å². The van der Waals surface area contributed by atoms with E-state index in [0.717, 1.165) is 0 Å². The summed E-state index contributed by atoms with van der Waals surface area (Å²) < 4.78 is 39.4. The molecule has 2 heterocycles. The minimum Gasteiger partial charge on any atom is -0.265 e. The van der Waals surface area contributed by atoms with Crippen LogP contribution in [0.2, 0.25) is 0 Å². The number of alkyl halides is 3. The zero-order valence-electron chi connectivity index (χ0n) is 12.1. The minimum atomic E-state index is -4.82. The molecule has 1 amide bonds. The molecule has 6 nitrogen and oxygen atoms in total. The predicted octanol–water partition coefficient (Wildman–Crippen LogP) is 3.18. The van der Waals surface area contributed by atoms with E-state index < -0.39 is 23.5 Å². The topological polar surface area (TPSA) is 63.9 Å². The zero-order chi connectivity index (χ0) is 17.5. The average Bonchev–Trinajstić information content (AvgIpc) is 2.95. The minimum absolute atomic E-state index is 0.195. The molecule has 0 atom stereocenters. The first-order chi connectivity index (χ1) is 11.3. The molecule has 3 aromatic rings. The third-order valence-corrected chi connectivity index (χ3v) is 3.53. The molecule has 0 aliphatic heterocycles. The fourth-order valence-corrected chi connectivity index (χ4v) is 2.32. The Morgan fingerprint density at radius 3 is 2.71 bits per heavy atom. The van der Waals surface area contributed by atoms with Gasteiger partial charge in [-0.3, -0.25) is 9.78 Å². The SMILES string of the molecule is Cn1nc(C(=O)N(Cl)c2ccc3ncccc3c2)c(C(F)(F)F)n1. The van der Waals surface area contributed by atoms with E-state index in [1.807, 2.05) is 0 Å². The molecule has 2 aromatic heterocycles. The van der Waals surface area contributed by atoms with Crippen LogP contribution < -0.4 is 4.42 Å². The van der Waals surface area contributed by atoms with Gasteiger partial charge in [0.25, 0.3) is 5.91 Å². The molecular weight excluding hydrogens is 347 g/mol. The van der Waals surface area contributed by atoms with Gasteiger partial charge in [0, 0.05) is 30.4 Å². The standard InChI is InChI=1S/C14H9ClF3N5O/c1-22-20-11(12(21-22)14(16,17)18)13(24)23(15)9-4-5-10-8(7-9)3-2-6-19-10/h2-7H,1H3. The van der Waals surface area contributed by atoms with E-state index in [9.17, 15) is 18.0 Å². The second kappa shape index (κ2) is 5.75. The number of hydrogen-bond acceptors (Lipinski definition) is 4. The van der Waals surface area contributed by atoms with Gasteiger partial charge in [0.15, 0.2) is 11.4 Å². The highest BCUT2D eigenvalue weighted by Gasteiger charge is 2.41. The number of amides is 1. The Labute approximate surface area is 138 Å². The molecule has 1 aromatic carbocycles. The Bertz CT molecular complexity index is 924. The highest BCUT2D eigenvalue weighted by atomic mass is 35.5. The molecule has 0 saturated heterocycles. The van der Waals surface area contributed by atoms with Crippen molar-refractivity contribution in [1.29, 1.82) is 0 Å². The lowest BCUT2D eigenvalue weighted by Gasteiger charge is -2.14. The quantitative estimate of drug-likeness (QED) is 0.662. The monoisotopic (exact) mass is 355 g/mol. The highest BCUT2D eigenvalue weighted by molar-refractivity contribution is 6.39. The first-order valence-corrected chi connectivity index (χ1v) is 6.94. The maximum atomic E-state index is 13.0. The molecule has 0 aliphatic carbocycles. The van der Waals surface area contributed by atoms with Gasteiger partial charge in [0.2, 0.25) is 0 Å². The van der Waals surface area contributed by atoms with Crippen LogP contribution in [0.4, 0.5) is 18.9 Å². The van der Waals surface area contributed by atoms with Crippen molar-refractivity contribution < 1.29 is 18.0 Å². The van der Waals surface area contributed by atoms with Gasteiger partial charge in [-0.05, 0) is 24.3 Å². The lowest BCUT2D eigenvalue weighted by Crippen LogP contribution is -2.24. The van der Waals surface area contributed by atoms with Crippen LogP contribution in [0.1, 0.15) is 16.2 Å². The number of rotatable bonds is 2. The third kappa shape index (κ3) is 2.90. The largest absolute Gasteiger partial charge is 0.437 e. The third-order valence-electron chi connectivity index (χ3n) is 3.18. The number of aryl methyl sites for hydroxylation is 1. The first kappa shape index (κ1) is 16.2. The maximum absolute atomic E-state index is 13.0. The van der Waals surface area contributed by atoms with Gasteiger partial charge in [-0.2, -0.15) is 18.0 Å². The zero-order valence-corrected chi connectivity index (χ0v) is 12.9. The van der Waals surface area contributed by atoms with E-state index in [0.29, 0.717) is 20.1 Å². The van der Waals surface area contributed by atoms with Crippen LogP contribution >= 0.6 is 11.8 Å². The number of pyridine rings is 1. The number of halogens is 4. The average molecular weight is 356 g/mol. The number of carbonyl (C=O) groups is 1. The lowest BCUT2D eigenvalue weighted by molar-refractivity contribution is -0.141. The fourth-order valence-electron chi connectivity index (χ4n) is 2.14. The second-order valence-corrected chi connectivity index (χ2v) is 5.19. The van der Waals surface area contributed by atoms with Crippen LogP contribution in [0.15, 0.2) is 36.5 Å². The Kier molecular flexibility index (Phi) is 3.88. The van der Waals surface area contributed by atoms with E-state index in [1.165, 1.54) is 19.2 Å². The Hall–Kier alpha value is -2.68. The summed E-state index contributed by atoms with van der Waals surface area (Å²) in [5.74, 6) is -1.12. The number of anilines is 1. The number of nitrogens with zero attached hydrogens (tertiary/aromatic N) is 5. The van der Waals surface area contributed by atoms with Crippen LogP contribution in [0.25, 0.3) is 10.9 Å². The van der Waals surface area contributed by atoms with Gasteiger partial charge in [-0.15, -0.1) is 10.2 Å². The Morgan fingerprint density at radius 2 is 2.00 bits per heavy atom. The van der Waals surface area contributed by atoms with Gasteiger partial charge in [0.1, 0.15) is 0 Å². The van der Waals surface area contributed by atoms with Crippen molar-refractivity contribution in [3.8, 4) is 0 Å². The fraction of sp³-hybridized carbons (Fsp3) is 0.143. The first-order valence-electron chi connectivity index (χ1n) is 6.61. The van der Waals surface area contributed by atoms with Crippen molar-refractivity contribution in [1.82, 2.24) is 20.0 Å². The highest BCUT2D eigenvalue weighted by Crippen LogP contribution is 2.31. The molecule has 0 radical (unpaired) electrons. The van der Waals surface area contributed by atoms with Crippen LogP contribution in [-0.2, 0) is 13.2 Å². The molecule has 124 valence electrons. The van der Waals surface area contributed by atoms with E-state index in [2.05, 4.69) is 15.2 Å². The summed E-state index contributed by atoms with van der Waals surface area (Å²) in [7, 11) is 1.19. The van der Waals surface area contributed by atoms with E-state index in [1.54, 1.807) is 24.4 Å². The second-order valence-electron chi connectivity index (χ2n) is 4.85. The number of hydrogen-bond donors (Lipinski definition) is 0. The van der Waals surface area contributed by atoms with Gasteiger partial charge in [-0.25, -0.2) is 4.42 Å². The molecule has 0 spiro atoms. The molecule has 24 heavy (non-hydrogen) atoms. The van der Waals surface area contributed by atoms with Gasteiger partial charge >= 0.3 is 6.18 Å². The van der Waals surface area contributed by atoms with Gasteiger partial charge in [-0.1, -0.05) is 6.07 Å². The molecular formula is C14H9ClF3N5O. The molecule has 0 bridgehead atoms. The Morgan fingerprint density at radius 1 is 1.25 bits per heavy atom. The molecule has 0 saturated carbocycles. The van der Waals surface area contributed by atoms with Crippen LogP contribution in [0.5, 0.6) is 0 Å². The van der Waals surface area contributed by atoms with Crippen molar-refractivity contribution in [3.05, 3.63) is 47.9 Å². The van der Waals surface area contributed by atoms with Crippen molar-refractivity contribution in [2.45, 2.75) is 6.18 Å². The smallest absolute Gasteiger partial charge is 0.265 e. The molecule has 0 unspecified atom stereocenters. The number of benzene rings is 1. The molecule has 0 fully saturated rings. The van der Waals surface area contributed by atoms with Crippen molar-refractivity contribution in [2.24, 2.45) is 7.05 Å². The molecule has 10 heteroatoms. The summed E-state index contributed by atoms with van der Waals surface area (Å²) >= 11 is 5.94. The number of aromatic nitrogens is 4. The van der Waals surface area contributed by atoms with E-state index >= 15 is 0 Å². The van der Waals surface area contributed by atoms with E-state index in [-0.39, 0.29) is 5.69 Å². The van der Waals surface area contributed by atoms with Crippen molar-refractivity contribution in [3.63, 3.8) is 0 Å². The maximum Gasteiger partial charge on any atom is 0.437 e. The van der Waals surface area contributed by atoms with Crippen LogP contribution in [0, 0.1) is 0 Å². The number of fused-ring (bicyclic) bond motifs is 1. The van der Waals surface area contributed by atoms with Gasteiger partial charge < -0.3 is 0 Å². The van der Waals surface area contributed by atoms with E-state index in [4.69, 9.17) is 11.8 Å². The van der Waals surface area contributed by atoms with Crippen molar-refractivity contribution in [2.75, 3.05) is 4.42 Å². The predicted molar refractivity (Wildman–Crippen MR) is 80.4 cm³/mol. The normalized spacial score (nSPS) is 11.7. The summed E-state index contributed by atoms with van der Waals surface area (Å²) in [4.78, 5) is 17.1. The van der Waals surface area contributed by atoms with Crippen LogP contribution in [0.3, 0.4) is 0 Å². The Balaban J connectivity index is 2.00. The molecule has 0 aliphatic rings. The summed E-state index contributed by atoms with van der Waals surface area (Å²) in [6.07, 6.45) is -3.22. The number of carbonyl (C=O) groups excluding carboxylic acids is 1. The molecule has 0 N–H and O–H groups in total.